The molecule has 0 spiro atoms. The summed E-state index contributed by atoms with van der Waals surface area (Å²) in [7, 11) is 7.17. The van der Waals surface area contributed by atoms with Gasteiger partial charge in [0.2, 0.25) is 5.91 Å². The Morgan fingerprint density at radius 1 is 0.962 bits per heavy atom. The predicted molar refractivity (Wildman–Crippen MR) is 197 cm³/mol. The number of nitrogens with zero attached hydrogens (tertiary/aromatic N) is 3. The Bertz CT molecular complexity index is 1960. The van der Waals surface area contributed by atoms with Gasteiger partial charge in [-0.15, -0.1) is 0 Å². The number of carbonyl (C=O) groups excluding carboxylic acids is 3. The second kappa shape index (κ2) is 15.4. The van der Waals surface area contributed by atoms with Crippen LogP contribution in [0.5, 0.6) is 23.0 Å². The van der Waals surface area contributed by atoms with E-state index in [1.165, 1.54) is 4.90 Å². The topological polar surface area (TPSA) is 121 Å². The van der Waals surface area contributed by atoms with Crippen LogP contribution in [0.3, 0.4) is 0 Å². The van der Waals surface area contributed by atoms with E-state index in [1.807, 2.05) is 53.4 Å². The van der Waals surface area contributed by atoms with Gasteiger partial charge in [-0.3, -0.25) is 18.7 Å². The molecule has 0 aliphatic carbocycles. The van der Waals surface area contributed by atoms with E-state index >= 15 is 0 Å². The van der Waals surface area contributed by atoms with Gasteiger partial charge in [0.1, 0.15) is 48.4 Å². The van der Waals surface area contributed by atoms with Crippen molar-refractivity contribution in [1.82, 2.24) is 9.80 Å². The molecule has 2 radical (unpaired) electrons. The predicted octanol–water partition coefficient (Wildman–Crippen LogP) is 4.15. The number of rotatable bonds is 12. The largest absolute Gasteiger partial charge is 0.539 e. The molecule has 15 heteroatoms. The number of halogens is 1. The molecule has 0 aromatic heterocycles. The van der Waals surface area contributed by atoms with Crippen LogP contribution in [0.15, 0.2) is 71.9 Å². The minimum atomic E-state index is -1.33. The Morgan fingerprint density at radius 2 is 1.62 bits per heavy atom. The zero-order chi connectivity index (χ0) is 37.3. The summed E-state index contributed by atoms with van der Waals surface area (Å²) in [5, 5.41) is -0.284. The summed E-state index contributed by atoms with van der Waals surface area (Å²) >= 11 is 6.85. The van der Waals surface area contributed by atoms with Gasteiger partial charge in [-0.1, -0.05) is 35.9 Å². The van der Waals surface area contributed by atoms with E-state index < -0.39 is 22.1 Å². The van der Waals surface area contributed by atoms with Crippen LogP contribution in [0.25, 0.3) is 0 Å². The molecule has 4 atom stereocenters. The molecule has 3 aromatic rings. The van der Waals surface area contributed by atoms with Crippen LogP contribution in [-0.2, 0) is 38.3 Å². The average Bonchev–Trinajstić information content (AvgIpc) is 3.59. The molecule has 3 aromatic carbocycles. The SMILES string of the molecule is [B]OC(=O)C1=C(C[N+]23CCC[C@H]2CN(C(=O)c2cc(Cl)c(OCc4ccc(OC)cc4)c(OCc4ccc(OC)cc4)c2)CC3)CS(=O)[C@@H]2CC(=O)N12. The maximum absolute atomic E-state index is 14.2. The number of benzene rings is 3. The second-order valence-corrected chi connectivity index (χ2v) is 15.7. The molecule has 4 heterocycles. The molecule has 2 amide bonds. The van der Waals surface area contributed by atoms with Crippen molar-refractivity contribution in [2.45, 2.75) is 43.9 Å². The number of hydrogen-bond acceptors (Lipinski definition) is 9. The van der Waals surface area contributed by atoms with Gasteiger partial charge in [-0.25, -0.2) is 4.79 Å². The van der Waals surface area contributed by atoms with Crippen molar-refractivity contribution in [3.8, 4) is 23.0 Å². The van der Waals surface area contributed by atoms with Crippen LogP contribution < -0.4 is 18.9 Å². The molecule has 7 rings (SSSR count). The van der Waals surface area contributed by atoms with Crippen LogP contribution in [0.4, 0.5) is 0 Å². The van der Waals surface area contributed by atoms with Crippen molar-refractivity contribution < 1.29 is 46.7 Å². The van der Waals surface area contributed by atoms with Gasteiger partial charge < -0.3 is 33.0 Å². The van der Waals surface area contributed by atoms with E-state index in [4.69, 9.17) is 38.6 Å². The number of hydrogen-bond donors (Lipinski definition) is 0. The van der Waals surface area contributed by atoms with E-state index in [9.17, 15) is 18.6 Å². The summed E-state index contributed by atoms with van der Waals surface area (Å²) in [6.07, 6.45) is 1.94. The Balaban J connectivity index is 1.11. The van der Waals surface area contributed by atoms with Crippen molar-refractivity contribution in [3.63, 3.8) is 0 Å². The number of carbonyl (C=O) groups is 3. The standard InChI is InChI=1S/C38H40BClN3O9S/c1-48-29-9-5-24(6-10-29)21-50-32-17-26(16-31(40)36(32)51-22-25-7-11-30(49-2)12-8-25)37(45)41-13-15-43(14-3-4-28(43)19-41)20-27-23-53(47)34-18-33(44)42(34)35(27)38(46)52-39/h5-12,16-17,28,34H,3-4,13-15,18-23H2,1-2H3/q+1/t28-,34+,43?,53?/m0/s1. The average molecular weight is 761 g/mol. The monoisotopic (exact) mass is 760 g/mol. The summed E-state index contributed by atoms with van der Waals surface area (Å²) in [4.78, 5) is 42.7. The lowest BCUT2D eigenvalue weighted by molar-refractivity contribution is -0.938. The number of quaternary nitrogens is 1. The third-order valence-corrected chi connectivity index (χ3v) is 12.6. The lowest BCUT2D eigenvalue weighted by Gasteiger charge is -2.49. The van der Waals surface area contributed by atoms with Crippen LogP contribution in [0.2, 0.25) is 5.02 Å². The molecule has 3 fully saturated rings. The molecule has 0 bridgehead atoms. The fourth-order valence-electron chi connectivity index (χ4n) is 7.85. The third-order valence-electron chi connectivity index (χ3n) is 10.7. The summed E-state index contributed by atoms with van der Waals surface area (Å²) in [6.45, 7) is 3.22. The molecule has 0 N–H and O–H groups in total. The van der Waals surface area contributed by atoms with E-state index in [1.54, 1.807) is 26.4 Å². The van der Waals surface area contributed by atoms with Crippen LogP contribution >= 0.6 is 11.6 Å². The third kappa shape index (κ3) is 7.36. The second-order valence-electron chi connectivity index (χ2n) is 13.7. The van der Waals surface area contributed by atoms with E-state index in [0.717, 1.165) is 42.0 Å². The fraction of sp³-hybridized carbons (Fsp3) is 0.395. The zero-order valence-electron chi connectivity index (χ0n) is 29.6. The van der Waals surface area contributed by atoms with Gasteiger partial charge in [-0.05, 0) is 47.5 Å². The Hall–Kier alpha value is -4.53. The molecular formula is C38H40BClN3O9S+. The first-order chi connectivity index (χ1) is 25.6. The van der Waals surface area contributed by atoms with E-state index in [-0.39, 0.29) is 54.0 Å². The van der Waals surface area contributed by atoms with Crippen LogP contribution in [-0.4, -0.2) is 108 Å². The maximum atomic E-state index is 14.2. The maximum Gasteiger partial charge on any atom is 0.378 e. The number of methoxy groups -OCH3 is 2. The van der Waals surface area contributed by atoms with Gasteiger partial charge >= 0.3 is 14.0 Å². The van der Waals surface area contributed by atoms with Gasteiger partial charge in [0.05, 0.1) is 57.6 Å². The smallest absolute Gasteiger partial charge is 0.378 e. The molecule has 4 aliphatic heterocycles. The molecule has 2 unspecified atom stereocenters. The number of ether oxygens (including phenoxy) is 4. The summed E-state index contributed by atoms with van der Waals surface area (Å²) in [6, 6.07) is 18.4. The molecular weight excluding hydrogens is 721 g/mol. The minimum Gasteiger partial charge on any atom is -0.539 e. The van der Waals surface area contributed by atoms with Crippen molar-refractivity contribution in [1.29, 1.82) is 0 Å². The number of fused-ring (bicyclic) bond motifs is 2. The lowest BCUT2D eigenvalue weighted by Crippen LogP contribution is -2.65. The minimum absolute atomic E-state index is 0.0713. The first kappa shape index (κ1) is 36.8. The normalized spacial score (nSPS) is 23.5. The highest BCUT2D eigenvalue weighted by Gasteiger charge is 2.53. The summed E-state index contributed by atoms with van der Waals surface area (Å²) < 4.78 is 41.3. The quantitative estimate of drug-likeness (QED) is 0.152. The molecule has 3 saturated heterocycles. The van der Waals surface area contributed by atoms with Gasteiger partial charge in [0, 0.05) is 34.8 Å². The lowest BCUT2D eigenvalue weighted by atomic mass is 10.0. The van der Waals surface area contributed by atoms with Crippen molar-refractivity contribution >= 4 is 48.2 Å². The van der Waals surface area contributed by atoms with Gasteiger partial charge in [0.15, 0.2) is 11.5 Å². The Kier molecular flexibility index (Phi) is 10.7. The van der Waals surface area contributed by atoms with Crippen molar-refractivity contribution in [2.75, 3.05) is 52.7 Å². The van der Waals surface area contributed by atoms with E-state index in [2.05, 4.69) is 4.65 Å². The van der Waals surface area contributed by atoms with Crippen LogP contribution in [0.1, 0.15) is 40.7 Å². The van der Waals surface area contributed by atoms with Crippen molar-refractivity contribution in [3.05, 3.63) is 93.6 Å². The molecule has 276 valence electrons. The van der Waals surface area contributed by atoms with Gasteiger partial charge in [-0.2, -0.15) is 0 Å². The molecule has 12 nitrogen and oxygen atoms in total. The van der Waals surface area contributed by atoms with E-state index in [0.29, 0.717) is 53.3 Å². The Morgan fingerprint density at radius 3 is 2.25 bits per heavy atom. The Labute approximate surface area is 317 Å². The fourth-order valence-corrected chi connectivity index (χ4v) is 9.66. The molecule has 4 aliphatic rings. The molecule has 0 saturated carbocycles. The van der Waals surface area contributed by atoms with Crippen molar-refractivity contribution in [2.24, 2.45) is 0 Å². The first-order valence-corrected chi connectivity index (χ1v) is 19.2. The van der Waals surface area contributed by atoms with Gasteiger partial charge in [0.25, 0.3) is 5.91 Å². The zero-order valence-corrected chi connectivity index (χ0v) is 31.2. The number of amides is 2. The highest BCUT2D eigenvalue weighted by molar-refractivity contribution is 7.86. The first-order valence-electron chi connectivity index (χ1n) is 17.5. The summed E-state index contributed by atoms with van der Waals surface area (Å²) in [5.41, 5.74) is 2.89. The van der Waals surface area contributed by atoms with Crippen LogP contribution in [0, 0.1) is 0 Å². The number of piperazine rings is 1. The number of β-lactam (4-membered cyclic amide) rings is 1. The summed E-state index contributed by atoms with van der Waals surface area (Å²) in [5.74, 6) is 1.05. The highest BCUT2D eigenvalue weighted by Crippen LogP contribution is 2.41. The highest BCUT2D eigenvalue weighted by atomic mass is 35.5. The molecule has 53 heavy (non-hydrogen) atoms.